The van der Waals surface area contributed by atoms with Crippen molar-refractivity contribution in [2.24, 2.45) is 4.40 Å². The fourth-order valence-electron chi connectivity index (χ4n) is 2.61. The van der Waals surface area contributed by atoms with E-state index in [0.29, 0.717) is 12.4 Å². The van der Waals surface area contributed by atoms with Crippen molar-refractivity contribution in [3.05, 3.63) is 52.8 Å². The third-order valence-corrected chi connectivity index (χ3v) is 6.34. The third kappa shape index (κ3) is 4.23. The highest BCUT2D eigenvalue weighted by Gasteiger charge is 2.17. The predicted molar refractivity (Wildman–Crippen MR) is 102 cm³/mol. The van der Waals surface area contributed by atoms with Crippen LogP contribution in [-0.2, 0) is 21.3 Å². The number of nitrogens with zero attached hydrogens (tertiary/aromatic N) is 2. The monoisotopic (exact) mass is 428 g/mol. The molecular weight excluding hydrogens is 410 g/mol. The molecule has 0 aliphatic carbocycles. The van der Waals surface area contributed by atoms with Gasteiger partial charge in [0.25, 0.3) is 10.0 Å². The molecule has 0 spiro atoms. The molecule has 6 nitrogen and oxygen atoms in total. The van der Waals surface area contributed by atoms with E-state index in [1.807, 2.05) is 6.92 Å². The number of fused-ring (bicyclic) bond motifs is 1. The van der Waals surface area contributed by atoms with E-state index in [9.17, 15) is 17.2 Å². The zero-order chi connectivity index (χ0) is 20.3. The maximum atomic E-state index is 14.4. The quantitative estimate of drug-likeness (QED) is 0.542. The second-order valence-corrected chi connectivity index (χ2v) is 8.32. The summed E-state index contributed by atoms with van der Waals surface area (Å²) in [7, 11) is -2.59. The molecule has 1 aromatic heterocycles. The van der Waals surface area contributed by atoms with Gasteiger partial charge in [0.1, 0.15) is 11.6 Å². The SMILES string of the molecule is CCOCCn1c(=NS(=O)(=O)c2ccc(OC)cc2)sc2cc(F)cc(F)c21. The van der Waals surface area contributed by atoms with Crippen LogP contribution in [0.2, 0.25) is 0 Å². The summed E-state index contributed by atoms with van der Waals surface area (Å²) in [5.74, 6) is -1.02. The van der Waals surface area contributed by atoms with Gasteiger partial charge < -0.3 is 14.0 Å². The van der Waals surface area contributed by atoms with Crippen LogP contribution in [0.15, 0.2) is 45.7 Å². The van der Waals surface area contributed by atoms with Crippen molar-refractivity contribution in [2.45, 2.75) is 18.4 Å². The Morgan fingerprint density at radius 1 is 1.18 bits per heavy atom. The first-order valence-electron chi connectivity index (χ1n) is 8.37. The molecule has 0 saturated heterocycles. The Labute approximate surface area is 164 Å². The molecule has 3 aromatic rings. The van der Waals surface area contributed by atoms with E-state index < -0.39 is 21.7 Å². The summed E-state index contributed by atoms with van der Waals surface area (Å²) < 4.78 is 69.2. The summed E-state index contributed by atoms with van der Waals surface area (Å²) in [6, 6.07) is 7.66. The van der Waals surface area contributed by atoms with E-state index in [2.05, 4.69) is 4.40 Å². The molecule has 0 unspecified atom stereocenters. The number of benzene rings is 2. The highest BCUT2D eigenvalue weighted by Crippen LogP contribution is 2.23. The Hall–Kier alpha value is -2.30. The van der Waals surface area contributed by atoms with Crippen LogP contribution < -0.4 is 9.54 Å². The normalized spacial score (nSPS) is 12.6. The lowest BCUT2D eigenvalue weighted by molar-refractivity contribution is 0.139. The Kier molecular flexibility index (Phi) is 6.11. The van der Waals surface area contributed by atoms with Crippen LogP contribution in [0.4, 0.5) is 8.78 Å². The van der Waals surface area contributed by atoms with E-state index in [0.717, 1.165) is 23.5 Å². The molecule has 0 N–H and O–H groups in total. The van der Waals surface area contributed by atoms with Crippen LogP contribution in [-0.4, -0.2) is 33.3 Å². The van der Waals surface area contributed by atoms with Crippen molar-refractivity contribution in [1.82, 2.24) is 4.57 Å². The van der Waals surface area contributed by atoms with E-state index in [4.69, 9.17) is 9.47 Å². The van der Waals surface area contributed by atoms with Gasteiger partial charge in [0.2, 0.25) is 4.80 Å². The van der Waals surface area contributed by atoms with Gasteiger partial charge in [0.05, 0.1) is 28.8 Å². The lowest BCUT2D eigenvalue weighted by atomic mass is 10.3. The standard InChI is InChI=1S/C18H18F2N2O4S2/c1-3-26-9-8-22-17-15(20)10-12(19)11-16(17)27-18(22)21-28(23,24)14-6-4-13(25-2)5-7-14/h4-7,10-11H,3,8-9H2,1-2H3. The van der Waals surface area contributed by atoms with Gasteiger partial charge in [-0.25, -0.2) is 8.78 Å². The minimum absolute atomic E-state index is 0.0335. The Bertz CT molecular complexity index is 1150. The van der Waals surface area contributed by atoms with Crippen molar-refractivity contribution in [1.29, 1.82) is 0 Å². The maximum absolute atomic E-state index is 14.4. The molecule has 0 aliphatic rings. The number of hydrogen-bond acceptors (Lipinski definition) is 5. The summed E-state index contributed by atoms with van der Waals surface area (Å²) in [6.07, 6.45) is 0. The molecule has 1 heterocycles. The van der Waals surface area contributed by atoms with Gasteiger partial charge >= 0.3 is 0 Å². The van der Waals surface area contributed by atoms with Crippen LogP contribution in [0.5, 0.6) is 5.75 Å². The molecule has 0 aliphatic heterocycles. The lowest BCUT2D eigenvalue weighted by Crippen LogP contribution is -2.20. The summed E-state index contributed by atoms with van der Waals surface area (Å²) in [6.45, 7) is 2.67. The number of ether oxygens (including phenoxy) is 2. The van der Waals surface area contributed by atoms with Crippen molar-refractivity contribution < 1.29 is 26.7 Å². The largest absolute Gasteiger partial charge is 0.497 e. The average molecular weight is 428 g/mol. The molecule has 2 aromatic carbocycles. The van der Waals surface area contributed by atoms with Crippen LogP contribution in [0.3, 0.4) is 0 Å². The number of hydrogen-bond donors (Lipinski definition) is 0. The molecule has 10 heteroatoms. The van der Waals surface area contributed by atoms with E-state index in [1.165, 1.54) is 35.9 Å². The summed E-state index contributed by atoms with van der Waals surface area (Å²) in [5.41, 5.74) is 0.0924. The summed E-state index contributed by atoms with van der Waals surface area (Å²) in [4.78, 5) is 0.00351. The van der Waals surface area contributed by atoms with Gasteiger partial charge in [-0.15, -0.1) is 4.40 Å². The third-order valence-electron chi connectivity index (χ3n) is 3.91. The highest BCUT2D eigenvalue weighted by atomic mass is 32.2. The lowest BCUT2D eigenvalue weighted by Gasteiger charge is -2.06. The van der Waals surface area contributed by atoms with E-state index in [-0.39, 0.29) is 33.1 Å². The topological polar surface area (TPSA) is 69.9 Å². The van der Waals surface area contributed by atoms with Gasteiger partial charge in [-0.2, -0.15) is 8.42 Å². The Morgan fingerprint density at radius 3 is 2.54 bits per heavy atom. The van der Waals surface area contributed by atoms with Gasteiger partial charge in [-0.05, 0) is 37.3 Å². The first-order valence-corrected chi connectivity index (χ1v) is 10.6. The van der Waals surface area contributed by atoms with E-state index in [1.54, 1.807) is 0 Å². The van der Waals surface area contributed by atoms with Gasteiger partial charge in [-0.3, -0.25) is 0 Å². The number of methoxy groups -OCH3 is 1. The van der Waals surface area contributed by atoms with Crippen molar-refractivity contribution in [3.63, 3.8) is 0 Å². The van der Waals surface area contributed by atoms with Gasteiger partial charge in [0.15, 0.2) is 5.82 Å². The fraction of sp³-hybridized carbons (Fsp3) is 0.278. The number of rotatable bonds is 7. The molecule has 28 heavy (non-hydrogen) atoms. The van der Waals surface area contributed by atoms with Crippen LogP contribution in [0, 0.1) is 11.6 Å². The number of thiazole rings is 1. The molecule has 0 atom stereocenters. The second-order valence-electron chi connectivity index (χ2n) is 5.71. The fourth-order valence-corrected chi connectivity index (χ4v) is 4.91. The van der Waals surface area contributed by atoms with Crippen LogP contribution in [0.1, 0.15) is 6.92 Å². The minimum Gasteiger partial charge on any atom is -0.497 e. The molecule has 0 amide bonds. The molecular formula is C18H18F2N2O4S2. The first kappa shape index (κ1) is 20.4. The Balaban J connectivity index is 2.16. The molecule has 0 fully saturated rings. The minimum atomic E-state index is -4.06. The zero-order valence-corrected chi connectivity index (χ0v) is 16.8. The number of halogens is 2. The predicted octanol–water partition coefficient (Wildman–Crippen LogP) is 3.32. The van der Waals surface area contributed by atoms with Crippen molar-refractivity contribution in [2.75, 3.05) is 20.3 Å². The van der Waals surface area contributed by atoms with Crippen LogP contribution in [0.25, 0.3) is 10.2 Å². The summed E-state index contributed by atoms with van der Waals surface area (Å²) in [5, 5.41) is 0. The highest BCUT2D eigenvalue weighted by molar-refractivity contribution is 7.90. The number of sulfonamides is 1. The first-order chi connectivity index (χ1) is 13.4. The smallest absolute Gasteiger partial charge is 0.285 e. The summed E-state index contributed by atoms with van der Waals surface area (Å²) >= 11 is 0.896. The van der Waals surface area contributed by atoms with Gasteiger partial charge in [-0.1, -0.05) is 11.3 Å². The average Bonchev–Trinajstić information content (AvgIpc) is 2.98. The maximum Gasteiger partial charge on any atom is 0.285 e. The van der Waals surface area contributed by atoms with Crippen molar-refractivity contribution in [3.8, 4) is 5.75 Å². The molecule has 0 radical (unpaired) electrons. The second kappa shape index (κ2) is 8.38. The molecule has 0 saturated carbocycles. The van der Waals surface area contributed by atoms with Crippen molar-refractivity contribution >= 4 is 31.6 Å². The Morgan fingerprint density at radius 2 is 1.89 bits per heavy atom. The van der Waals surface area contributed by atoms with Gasteiger partial charge in [0, 0.05) is 19.2 Å². The molecule has 3 rings (SSSR count). The zero-order valence-electron chi connectivity index (χ0n) is 15.2. The van der Waals surface area contributed by atoms with E-state index >= 15 is 0 Å². The van der Waals surface area contributed by atoms with Crippen LogP contribution >= 0.6 is 11.3 Å². The molecule has 150 valence electrons. The molecule has 0 bridgehead atoms. The number of aromatic nitrogens is 1.